The predicted molar refractivity (Wildman–Crippen MR) is 85.1 cm³/mol. The van der Waals surface area contributed by atoms with Crippen LogP contribution in [0.25, 0.3) is 16.6 Å². The van der Waals surface area contributed by atoms with Crippen molar-refractivity contribution in [2.75, 3.05) is 0 Å². The van der Waals surface area contributed by atoms with Crippen molar-refractivity contribution in [3.63, 3.8) is 0 Å². The Bertz CT molecular complexity index is 1040. The van der Waals surface area contributed by atoms with E-state index in [-0.39, 0.29) is 5.56 Å². The second-order valence-electron chi connectivity index (χ2n) is 5.32. The van der Waals surface area contributed by atoms with Gasteiger partial charge >= 0.3 is 0 Å². The number of aryl methyl sites for hydroxylation is 1. The van der Waals surface area contributed by atoms with Crippen LogP contribution in [-0.2, 0) is 6.42 Å². The Morgan fingerprint density at radius 1 is 1.14 bits per heavy atom. The van der Waals surface area contributed by atoms with Gasteiger partial charge in [-0.1, -0.05) is 42.5 Å². The number of nitrogens with zero attached hydrogens (tertiary/aromatic N) is 3. The van der Waals surface area contributed by atoms with E-state index in [9.17, 15) is 4.79 Å². The van der Waals surface area contributed by atoms with Gasteiger partial charge in [-0.05, 0) is 23.3 Å². The second-order valence-corrected chi connectivity index (χ2v) is 5.32. The molecule has 22 heavy (non-hydrogen) atoms. The van der Waals surface area contributed by atoms with Gasteiger partial charge in [0.2, 0.25) is 0 Å². The van der Waals surface area contributed by atoms with E-state index in [0.717, 1.165) is 11.3 Å². The first-order chi connectivity index (χ1) is 10.7. The number of benzene rings is 2. The number of hydrogen-bond donors (Lipinski definition) is 1. The summed E-state index contributed by atoms with van der Waals surface area (Å²) in [7, 11) is 0. The zero-order chi connectivity index (χ0) is 15.1. The van der Waals surface area contributed by atoms with Crippen molar-refractivity contribution < 1.29 is 0 Å². The maximum Gasteiger partial charge on any atom is 0.277 e. The third-order valence-corrected chi connectivity index (χ3v) is 3.98. The highest BCUT2D eigenvalue weighted by molar-refractivity contribution is 5.85. The van der Waals surface area contributed by atoms with Gasteiger partial charge in [0.05, 0.1) is 5.69 Å². The lowest BCUT2D eigenvalue weighted by Gasteiger charge is -2.08. The Morgan fingerprint density at radius 3 is 2.86 bits per heavy atom. The number of aromatic nitrogens is 4. The Kier molecular flexibility index (Phi) is 2.79. The molecule has 2 aromatic heterocycles. The fraction of sp³-hybridized carbons (Fsp3) is 0.118. The third kappa shape index (κ3) is 1.90. The first-order valence-electron chi connectivity index (χ1n) is 7.12. The summed E-state index contributed by atoms with van der Waals surface area (Å²) in [6.07, 6.45) is 2.03. The molecule has 0 aliphatic rings. The highest BCUT2D eigenvalue weighted by Gasteiger charge is 2.13. The molecule has 1 N–H and O–H groups in total. The van der Waals surface area contributed by atoms with Crippen LogP contribution in [0.15, 0.2) is 53.6 Å². The van der Waals surface area contributed by atoms with Crippen LogP contribution in [0.5, 0.6) is 0 Å². The smallest absolute Gasteiger partial charge is 0.277 e. The van der Waals surface area contributed by atoms with Crippen LogP contribution in [0.4, 0.5) is 0 Å². The van der Waals surface area contributed by atoms with Crippen LogP contribution in [0, 0.1) is 6.92 Å². The molecule has 0 aliphatic carbocycles. The van der Waals surface area contributed by atoms with Gasteiger partial charge in [-0.2, -0.15) is 4.52 Å². The van der Waals surface area contributed by atoms with Gasteiger partial charge in [-0.15, -0.1) is 0 Å². The lowest BCUT2D eigenvalue weighted by atomic mass is 9.98. The summed E-state index contributed by atoms with van der Waals surface area (Å²) in [4.78, 5) is 21.0. The van der Waals surface area contributed by atoms with Gasteiger partial charge in [0, 0.05) is 12.0 Å². The minimum atomic E-state index is -0.0899. The Labute approximate surface area is 126 Å². The van der Waals surface area contributed by atoms with E-state index < -0.39 is 0 Å². The molecule has 0 spiro atoms. The van der Waals surface area contributed by atoms with Gasteiger partial charge in [0.1, 0.15) is 6.33 Å². The van der Waals surface area contributed by atoms with Crippen LogP contribution >= 0.6 is 0 Å². The normalized spacial score (nSPS) is 11.3. The van der Waals surface area contributed by atoms with E-state index in [1.54, 1.807) is 0 Å². The molecule has 0 atom stereocenters. The van der Waals surface area contributed by atoms with Gasteiger partial charge < -0.3 is 0 Å². The summed E-state index contributed by atoms with van der Waals surface area (Å²) in [6, 6.07) is 14.4. The van der Waals surface area contributed by atoms with Crippen LogP contribution in [-0.4, -0.2) is 19.6 Å². The number of nitrogens with one attached hydrogen (secondary N) is 1. The molecular formula is C17H14N4O. The molecule has 2 aromatic carbocycles. The molecular weight excluding hydrogens is 276 g/mol. The summed E-state index contributed by atoms with van der Waals surface area (Å²) in [5, 5.41) is 5.15. The first-order valence-corrected chi connectivity index (χ1v) is 7.12. The largest absolute Gasteiger partial charge is 0.278 e. The fourth-order valence-corrected chi connectivity index (χ4v) is 2.84. The quantitative estimate of drug-likeness (QED) is 0.617. The van der Waals surface area contributed by atoms with Crippen molar-refractivity contribution in [3.05, 3.63) is 76.0 Å². The molecule has 2 heterocycles. The summed E-state index contributed by atoms with van der Waals surface area (Å²) in [5.41, 5.74) is 2.45. The number of rotatable bonds is 2. The topological polar surface area (TPSA) is 63.1 Å². The van der Waals surface area contributed by atoms with Crippen LogP contribution < -0.4 is 5.56 Å². The van der Waals surface area contributed by atoms with Gasteiger partial charge in [-0.25, -0.2) is 9.97 Å². The lowest BCUT2D eigenvalue weighted by Crippen LogP contribution is -2.22. The number of hydrogen-bond acceptors (Lipinski definition) is 3. The standard InChI is InChI=1S/C17H14N4O/c1-11-15(16(22)21-17(20-11)18-10-19-21)9-13-7-4-6-12-5-2-3-8-14(12)13/h2-8,10H,9H2,1H3,(H,18,19,20). The summed E-state index contributed by atoms with van der Waals surface area (Å²) in [6.45, 7) is 1.86. The van der Waals surface area contributed by atoms with Crippen molar-refractivity contribution >= 4 is 16.6 Å². The number of aromatic amines is 1. The molecule has 0 saturated carbocycles. The molecule has 0 radical (unpaired) electrons. The maximum atomic E-state index is 12.6. The molecule has 4 rings (SSSR count). The van der Waals surface area contributed by atoms with Crippen molar-refractivity contribution in [3.8, 4) is 0 Å². The second kappa shape index (κ2) is 4.80. The highest BCUT2D eigenvalue weighted by atomic mass is 16.1. The summed E-state index contributed by atoms with van der Waals surface area (Å²) >= 11 is 0. The molecule has 108 valence electrons. The van der Waals surface area contributed by atoms with Crippen molar-refractivity contribution in [1.82, 2.24) is 19.6 Å². The van der Waals surface area contributed by atoms with E-state index in [1.165, 1.54) is 21.6 Å². The average Bonchev–Trinajstić information content (AvgIpc) is 3.00. The van der Waals surface area contributed by atoms with E-state index in [1.807, 2.05) is 25.1 Å². The molecule has 5 heteroatoms. The Hall–Kier alpha value is -2.95. The molecule has 0 unspecified atom stereocenters. The Morgan fingerprint density at radius 2 is 1.95 bits per heavy atom. The molecule has 0 saturated heterocycles. The minimum Gasteiger partial charge on any atom is -0.278 e. The van der Waals surface area contributed by atoms with Crippen molar-refractivity contribution in [2.24, 2.45) is 0 Å². The highest BCUT2D eigenvalue weighted by Crippen LogP contribution is 2.21. The fourth-order valence-electron chi connectivity index (χ4n) is 2.84. The third-order valence-electron chi connectivity index (χ3n) is 3.98. The molecule has 0 aliphatic heterocycles. The van der Waals surface area contributed by atoms with Crippen LogP contribution in [0.1, 0.15) is 16.8 Å². The van der Waals surface area contributed by atoms with Crippen molar-refractivity contribution in [1.29, 1.82) is 0 Å². The molecule has 4 aromatic rings. The molecule has 5 nitrogen and oxygen atoms in total. The zero-order valence-corrected chi connectivity index (χ0v) is 12.1. The SMILES string of the molecule is Cc1nc2nc[nH]n2c(=O)c1Cc1cccc2ccccc12. The number of H-pyrrole nitrogens is 1. The Balaban J connectivity index is 1.91. The first kappa shape index (κ1) is 12.8. The van der Waals surface area contributed by atoms with Gasteiger partial charge in [-0.3, -0.25) is 9.89 Å². The zero-order valence-electron chi connectivity index (χ0n) is 12.1. The van der Waals surface area contributed by atoms with Crippen LogP contribution in [0.2, 0.25) is 0 Å². The molecule has 0 fully saturated rings. The van der Waals surface area contributed by atoms with Gasteiger partial charge in [0.15, 0.2) is 0 Å². The van der Waals surface area contributed by atoms with E-state index in [2.05, 4.69) is 39.3 Å². The average molecular weight is 290 g/mol. The molecule has 0 amide bonds. The maximum absolute atomic E-state index is 12.6. The van der Waals surface area contributed by atoms with E-state index in [4.69, 9.17) is 0 Å². The number of fused-ring (bicyclic) bond motifs is 2. The lowest BCUT2D eigenvalue weighted by molar-refractivity contribution is 0.859. The minimum absolute atomic E-state index is 0.0899. The predicted octanol–water partition coefficient (Wildman–Crippen LogP) is 2.47. The van der Waals surface area contributed by atoms with E-state index in [0.29, 0.717) is 17.8 Å². The van der Waals surface area contributed by atoms with Gasteiger partial charge in [0.25, 0.3) is 11.3 Å². The van der Waals surface area contributed by atoms with Crippen molar-refractivity contribution in [2.45, 2.75) is 13.3 Å². The summed E-state index contributed by atoms with van der Waals surface area (Å²) < 4.78 is 1.38. The van der Waals surface area contributed by atoms with E-state index >= 15 is 0 Å². The molecule has 0 bridgehead atoms. The summed E-state index contributed by atoms with van der Waals surface area (Å²) in [5.74, 6) is 0.407. The van der Waals surface area contributed by atoms with Crippen LogP contribution in [0.3, 0.4) is 0 Å². The monoisotopic (exact) mass is 290 g/mol.